The Morgan fingerprint density at radius 1 is 0.564 bits per heavy atom. The van der Waals surface area contributed by atoms with Gasteiger partial charge in [0.25, 0.3) is 0 Å². The molecule has 1 amide bonds. The molecule has 2 N–H and O–H groups in total. The second-order valence-electron chi connectivity index (χ2n) is 12.2. The maximum Gasteiger partial charge on any atom is 0.220 e. The molecule has 39 heavy (non-hydrogen) atoms. The van der Waals surface area contributed by atoms with Crippen molar-refractivity contribution in [1.29, 1.82) is 0 Å². The van der Waals surface area contributed by atoms with Gasteiger partial charge in [-0.2, -0.15) is 0 Å². The number of aliphatic hydroxyl groups is 1. The Labute approximate surface area is 244 Å². The van der Waals surface area contributed by atoms with Crippen molar-refractivity contribution in [2.24, 2.45) is 0 Å². The van der Waals surface area contributed by atoms with Crippen molar-refractivity contribution in [3.8, 4) is 0 Å². The molecule has 0 spiro atoms. The van der Waals surface area contributed by atoms with E-state index in [1.165, 1.54) is 141 Å². The fourth-order valence-electron chi connectivity index (χ4n) is 5.57. The number of unbranched alkanes of at least 4 members (excludes halogenated alkanes) is 24. The number of amides is 1. The minimum atomic E-state index is -0.626. The van der Waals surface area contributed by atoms with Gasteiger partial charge in [-0.3, -0.25) is 4.79 Å². The molecule has 4 nitrogen and oxygen atoms in total. The van der Waals surface area contributed by atoms with Crippen LogP contribution >= 0.6 is 0 Å². The molecule has 0 aromatic carbocycles. The number of aliphatic hydroxyl groups excluding tert-OH is 1. The number of nitrogens with one attached hydrogen (secondary N) is 1. The largest absolute Gasteiger partial charge is 0.391 e. The molecule has 0 saturated carbocycles. The van der Waals surface area contributed by atoms with Gasteiger partial charge in [-0.05, 0) is 12.8 Å². The molecular weight excluding hydrogens is 482 g/mol. The van der Waals surface area contributed by atoms with E-state index in [1.807, 2.05) is 0 Å². The summed E-state index contributed by atoms with van der Waals surface area (Å²) in [5, 5.41) is 13.5. The number of rotatable bonds is 32. The molecule has 0 saturated heterocycles. The Bertz CT molecular complexity index is 510. The monoisotopic (exact) mass is 552 g/mol. The van der Waals surface area contributed by atoms with Gasteiger partial charge in [-0.1, -0.05) is 174 Å². The summed E-state index contributed by atoms with van der Waals surface area (Å²) in [7, 11) is 0. The SMILES string of the molecule is CCCCCCCCCCCCCCCC(=O)N[C@@H](CC=O)[C@H](O)CCCCCCCCCCCCCCC. The van der Waals surface area contributed by atoms with Crippen molar-refractivity contribution < 1.29 is 14.7 Å². The lowest BCUT2D eigenvalue weighted by molar-refractivity contribution is -0.123. The average Bonchev–Trinajstić information content (AvgIpc) is 2.93. The van der Waals surface area contributed by atoms with Crippen LogP contribution in [0.3, 0.4) is 0 Å². The molecule has 0 rings (SSSR count). The van der Waals surface area contributed by atoms with Crippen LogP contribution in [0, 0.1) is 0 Å². The molecule has 2 atom stereocenters. The van der Waals surface area contributed by atoms with Gasteiger partial charge >= 0.3 is 0 Å². The number of hydrogen-bond acceptors (Lipinski definition) is 3. The molecule has 0 fully saturated rings. The molecular formula is C35H69NO3. The minimum absolute atomic E-state index is 0.0191. The Kier molecular flexibility index (Phi) is 30.9. The van der Waals surface area contributed by atoms with Crippen molar-refractivity contribution in [3.63, 3.8) is 0 Å². The molecule has 0 aliphatic carbocycles. The highest BCUT2D eigenvalue weighted by Gasteiger charge is 2.20. The van der Waals surface area contributed by atoms with Crippen molar-refractivity contribution in [3.05, 3.63) is 0 Å². The van der Waals surface area contributed by atoms with Crippen LogP contribution in [-0.4, -0.2) is 29.4 Å². The Morgan fingerprint density at radius 3 is 1.26 bits per heavy atom. The molecule has 4 heteroatoms. The van der Waals surface area contributed by atoms with E-state index in [9.17, 15) is 14.7 Å². The predicted molar refractivity (Wildman–Crippen MR) is 169 cm³/mol. The van der Waals surface area contributed by atoms with Gasteiger partial charge in [-0.15, -0.1) is 0 Å². The summed E-state index contributed by atoms with van der Waals surface area (Å²) in [6.45, 7) is 4.54. The van der Waals surface area contributed by atoms with Crippen molar-refractivity contribution in [2.45, 2.75) is 212 Å². The number of aldehydes is 1. The third-order valence-electron chi connectivity index (χ3n) is 8.27. The molecule has 0 aliphatic rings. The predicted octanol–water partition coefficient (Wildman–Crippen LogP) is 10.4. The Balaban J connectivity index is 3.67. The first-order chi connectivity index (χ1) is 19.2. The molecule has 232 valence electrons. The van der Waals surface area contributed by atoms with Crippen molar-refractivity contribution in [2.75, 3.05) is 0 Å². The third kappa shape index (κ3) is 28.4. The molecule has 0 aromatic heterocycles. The van der Waals surface area contributed by atoms with Crippen LogP contribution < -0.4 is 5.32 Å². The minimum Gasteiger partial charge on any atom is -0.391 e. The number of hydrogen-bond donors (Lipinski definition) is 2. The highest BCUT2D eigenvalue weighted by Crippen LogP contribution is 2.16. The van der Waals surface area contributed by atoms with Crippen LogP contribution in [0.5, 0.6) is 0 Å². The van der Waals surface area contributed by atoms with Gasteiger partial charge in [0, 0.05) is 12.8 Å². The zero-order valence-corrected chi connectivity index (χ0v) is 26.5. The van der Waals surface area contributed by atoms with Gasteiger partial charge in [0.1, 0.15) is 6.29 Å². The summed E-state index contributed by atoms with van der Waals surface area (Å²) in [5.41, 5.74) is 0. The normalized spacial score (nSPS) is 12.9. The van der Waals surface area contributed by atoms with E-state index >= 15 is 0 Å². The van der Waals surface area contributed by atoms with E-state index in [0.29, 0.717) is 12.8 Å². The van der Waals surface area contributed by atoms with Gasteiger partial charge in [-0.25, -0.2) is 0 Å². The topological polar surface area (TPSA) is 66.4 Å². The zero-order valence-electron chi connectivity index (χ0n) is 26.5. The first-order valence-electron chi connectivity index (χ1n) is 17.6. The lowest BCUT2D eigenvalue weighted by Gasteiger charge is -2.22. The quantitative estimate of drug-likeness (QED) is 0.0645. The van der Waals surface area contributed by atoms with Crippen LogP contribution in [0.25, 0.3) is 0 Å². The molecule has 0 aromatic rings. The van der Waals surface area contributed by atoms with E-state index < -0.39 is 12.1 Å². The fraction of sp³-hybridized carbons (Fsp3) is 0.943. The molecule has 0 heterocycles. The maximum absolute atomic E-state index is 12.4. The molecule has 0 bridgehead atoms. The van der Waals surface area contributed by atoms with Crippen molar-refractivity contribution in [1.82, 2.24) is 5.32 Å². The smallest absolute Gasteiger partial charge is 0.220 e. The first-order valence-corrected chi connectivity index (χ1v) is 17.6. The number of carbonyl (C=O) groups excluding carboxylic acids is 2. The van der Waals surface area contributed by atoms with Gasteiger partial charge < -0.3 is 15.2 Å². The van der Waals surface area contributed by atoms with Crippen LogP contribution in [0.2, 0.25) is 0 Å². The van der Waals surface area contributed by atoms with E-state index in [1.54, 1.807) is 0 Å². The fourth-order valence-corrected chi connectivity index (χ4v) is 5.57. The van der Waals surface area contributed by atoms with Gasteiger partial charge in [0.05, 0.1) is 12.1 Å². The van der Waals surface area contributed by atoms with Gasteiger partial charge in [0.15, 0.2) is 0 Å². The number of carbonyl (C=O) groups is 2. The molecule has 0 radical (unpaired) electrons. The average molecular weight is 552 g/mol. The summed E-state index contributed by atoms with van der Waals surface area (Å²) < 4.78 is 0. The highest BCUT2D eigenvalue weighted by molar-refractivity contribution is 5.76. The maximum atomic E-state index is 12.4. The van der Waals surface area contributed by atoms with Gasteiger partial charge in [0.2, 0.25) is 5.91 Å². The standard InChI is InChI=1S/C35H69NO3/c1-3-5-7-9-11-13-15-17-19-21-23-25-27-29-34(38)33(31-32-37)36-35(39)30-28-26-24-22-20-18-16-14-12-10-8-6-4-2/h32-34,38H,3-31H2,1-2H3,(H,36,39)/t33-,34+/m0/s1. The zero-order chi connectivity index (χ0) is 28.7. The summed E-state index contributed by atoms with van der Waals surface area (Å²) in [5.74, 6) is -0.0191. The van der Waals surface area contributed by atoms with Crippen LogP contribution in [0.1, 0.15) is 200 Å². The van der Waals surface area contributed by atoms with Crippen molar-refractivity contribution >= 4 is 12.2 Å². The summed E-state index contributed by atoms with van der Waals surface area (Å²) >= 11 is 0. The Hall–Kier alpha value is -0.900. The van der Waals surface area contributed by atoms with E-state index in [4.69, 9.17) is 0 Å². The van der Waals surface area contributed by atoms with Crippen LogP contribution in [-0.2, 0) is 9.59 Å². The highest BCUT2D eigenvalue weighted by atomic mass is 16.3. The molecule has 0 unspecified atom stereocenters. The first kappa shape index (κ1) is 38.1. The second-order valence-corrected chi connectivity index (χ2v) is 12.2. The van der Waals surface area contributed by atoms with Crippen LogP contribution in [0.15, 0.2) is 0 Å². The Morgan fingerprint density at radius 2 is 0.897 bits per heavy atom. The summed E-state index contributed by atoms with van der Waals surface area (Å²) in [6.07, 6.45) is 35.2. The second kappa shape index (κ2) is 31.6. The summed E-state index contributed by atoms with van der Waals surface area (Å²) in [4.78, 5) is 23.5. The molecule has 0 aliphatic heterocycles. The van der Waals surface area contributed by atoms with E-state index in [-0.39, 0.29) is 12.3 Å². The van der Waals surface area contributed by atoms with Crippen LogP contribution in [0.4, 0.5) is 0 Å². The van der Waals surface area contributed by atoms with E-state index in [2.05, 4.69) is 19.2 Å². The third-order valence-corrected chi connectivity index (χ3v) is 8.27. The lowest BCUT2D eigenvalue weighted by atomic mass is 10.00. The lowest BCUT2D eigenvalue weighted by Crippen LogP contribution is -2.43. The summed E-state index contributed by atoms with van der Waals surface area (Å²) in [6, 6.07) is -0.436. The van der Waals surface area contributed by atoms with E-state index in [0.717, 1.165) is 32.0 Å².